The molecule has 0 radical (unpaired) electrons. The average molecular weight is 558 g/mol. The first-order valence-electron chi connectivity index (χ1n) is 11.3. The third-order valence-electron chi connectivity index (χ3n) is 5.80. The van der Waals surface area contributed by atoms with Gasteiger partial charge in [0, 0.05) is 32.0 Å². The lowest BCUT2D eigenvalue weighted by Gasteiger charge is -2.15. The summed E-state index contributed by atoms with van der Waals surface area (Å²) in [6.07, 6.45) is 0. The van der Waals surface area contributed by atoms with E-state index in [1.54, 1.807) is 18.2 Å². The maximum Gasteiger partial charge on any atom is 0.255 e. The molecular formula is C29H22BrClN4O. The van der Waals surface area contributed by atoms with Crippen LogP contribution in [0.25, 0.3) is 22.5 Å². The Labute approximate surface area is 222 Å². The molecule has 0 aliphatic heterocycles. The molecule has 0 aliphatic rings. The number of nitrogens with zero attached hydrogens (tertiary/aromatic N) is 2. The predicted octanol–water partition coefficient (Wildman–Crippen LogP) is 7.52. The molecule has 0 unspecified atom stereocenters. The van der Waals surface area contributed by atoms with Crippen LogP contribution in [0.5, 0.6) is 0 Å². The molecule has 0 atom stereocenters. The molecule has 5 nitrogen and oxygen atoms in total. The summed E-state index contributed by atoms with van der Waals surface area (Å²) in [5.74, 6) is 0.312. The molecular weight excluding hydrogens is 536 g/mol. The fourth-order valence-electron chi connectivity index (χ4n) is 4.10. The van der Waals surface area contributed by atoms with Gasteiger partial charge in [0.05, 0.1) is 17.9 Å². The van der Waals surface area contributed by atoms with E-state index in [4.69, 9.17) is 17.3 Å². The van der Waals surface area contributed by atoms with Gasteiger partial charge in [0.2, 0.25) is 0 Å². The first-order valence-corrected chi connectivity index (χ1v) is 12.5. The molecule has 36 heavy (non-hydrogen) atoms. The number of carbonyl (C=O) groups excluding carboxylic acids is 1. The van der Waals surface area contributed by atoms with E-state index in [9.17, 15) is 4.79 Å². The second-order valence-electron chi connectivity index (χ2n) is 8.27. The molecule has 178 valence electrons. The fraction of sp³-hybridized carbons (Fsp3) is 0.0345. The van der Waals surface area contributed by atoms with Crippen LogP contribution >= 0.6 is 27.5 Å². The van der Waals surface area contributed by atoms with Gasteiger partial charge in [-0.3, -0.25) is 4.79 Å². The largest absolute Gasteiger partial charge is 0.384 e. The number of rotatable bonds is 6. The van der Waals surface area contributed by atoms with Gasteiger partial charge in [-0.1, -0.05) is 70.0 Å². The number of nitrogens with two attached hydrogens (primary N) is 1. The highest BCUT2D eigenvalue weighted by Crippen LogP contribution is 2.34. The van der Waals surface area contributed by atoms with Crippen LogP contribution in [0.2, 0.25) is 5.02 Å². The topological polar surface area (TPSA) is 72.9 Å². The van der Waals surface area contributed by atoms with Crippen molar-refractivity contribution < 1.29 is 4.79 Å². The lowest BCUT2D eigenvalue weighted by molar-refractivity contribution is 0.102. The molecule has 0 saturated carbocycles. The minimum atomic E-state index is -0.166. The van der Waals surface area contributed by atoms with Crippen molar-refractivity contribution in [2.24, 2.45) is 0 Å². The van der Waals surface area contributed by atoms with Crippen LogP contribution in [-0.2, 0) is 6.54 Å². The average Bonchev–Trinajstić information content (AvgIpc) is 3.28. The molecule has 0 saturated heterocycles. The fourth-order valence-corrected chi connectivity index (χ4v) is 4.73. The summed E-state index contributed by atoms with van der Waals surface area (Å²) < 4.78 is 3.04. The Morgan fingerprint density at radius 1 is 0.889 bits per heavy atom. The quantitative estimate of drug-likeness (QED) is 0.227. The lowest BCUT2D eigenvalue weighted by Crippen LogP contribution is -2.11. The summed E-state index contributed by atoms with van der Waals surface area (Å²) in [4.78, 5) is 17.1. The van der Waals surface area contributed by atoms with Gasteiger partial charge >= 0.3 is 0 Å². The molecule has 5 aromatic rings. The first-order chi connectivity index (χ1) is 17.5. The van der Waals surface area contributed by atoms with Gasteiger partial charge < -0.3 is 15.6 Å². The Morgan fingerprint density at radius 3 is 2.39 bits per heavy atom. The van der Waals surface area contributed by atoms with Crippen molar-refractivity contribution in [1.82, 2.24) is 9.55 Å². The van der Waals surface area contributed by atoms with E-state index in [1.165, 1.54) is 0 Å². The van der Waals surface area contributed by atoms with Gasteiger partial charge in [-0.25, -0.2) is 4.98 Å². The second kappa shape index (κ2) is 10.4. The van der Waals surface area contributed by atoms with Gasteiger partial charge in [0.15, 0.2) is 0 Å². The van der Waals surface area contributed by atoms with E-state index < -0.39 is 0 Å². The van der Waals surface area contributed by atoms with E-state index in [-0.39, 0.29) is 5.91 Å². The third kappa shape index (κ3) is 5.20. The summed E-state index contributed by atoms with van der Waals surface area (Å²) in [6.45, 7) is 0.523. The number of halogens is 2. The zero-order valence-electron chi connectivity index (χ0n) is 19.2. The third-order valence-corrected chi connectivity index (χ3v) is 6.63. The number of benzene rings is 3. The predicted molar refractivity (Wildman–Crippen MR) is 150 cm³/mol. The molecule has 5 rings (SSSR count). The number of aromatic nitrogens is 2. The number of hydrogen-bond donors (Lipinski definition) is 2. The summed E-state index contributed by atoms with van der Waals surface area (Å²) in [6, 6.07) is 32.6. The van der Waals surface area contributed by atoms with E-state index in [2.05, 4.69) is 42.9 Å². The Balaban J connectivity index is 1.48. The zero-order chi connectivity index (χ0) is 25.1. The lowest BCUT2D eigenvalue weighted by atomic mass is 10.1. The molecule has 0 spiro atoms. The van der Waals surface area contributed by atoms with Crippen molar-refractivity contribution >= 4 is 44.9 Å². The summed E-state index contributed by atoms with van der Waals surface area (Å²) in [7, 11) is 0. The summed E-state index contributed by atoms with van der Waals surface area (Å²) in [5, 5.41) is 3.63. The van der Waals surface area contributed by atoms with Gasteiger partial charge in [-0.15, -0.1) is 0 Å². The Kier molecular flexibility index (Phi) is 6.89. The summed E-state index contributed by atoms with van der Waals surface area (Å²) >= 11 is 9.96. The molecule has 2 heterocycles. The Hall–Kier alpha value is -3.87. The van der Waals surface area contributed by atoms with Gasteiger partial charge in [0.25, 0.3) is 5.91 Å². The van der Waals surface area contributed by atoms with E-state index >= 15 is 0 Å². The van der Waals surface area contributed by atoms with Gasteiger partial charge in [-0.05, 0) is 66.2 Å². The number of hydrogen-bond acceptors (Lipinski definition) is 3. The van der Waals surface area contributed by atoms with Crippen LogP contribution in [0.1, 0.15) is 16.1 Å². The van der Waals surface area contributed by atoms with E-state index in [0.29, 0.717) is 28.6 Å². The number of pyridine rings is 1. The van der Waals surface area contributed by atoms with Crippen LogP contribution in [0.3, 0.4) is 0 Å². The van der Waals surface area contributed by atoms with E-state index in [1.807, 2.05) is 72.8 Å². The molecule has 0 fully saturated rings. The second-order valence-corrected chi connectivity index (χ2v) is 9.59. The summed E-state index contributed by atoms with van der Waals surface area (Å²) in [5.41, 5.74) is 12.0. The number of nitrogens with one attached hydrogen (secondary N) is 1. The Morgan fingerprint density at radius 2 is 1.64 bits per heavy atom. The van der Waals surface area contributed by atoms with Crippen LogP contribution in [-0.4, -0.2) is 15.5 Å². The Bertz CT molecular complexity index is 1550. The van der Waals surface area contributed by atoms with Crippen LogP contribution in [0, 0.1) is 0 Å². The minimum Gasteiger partial charge on any atom is -0.384 e. The van der Waals surface area contributed by atoms with Gasteiger partial charge in [0.1, 0.15) is 5.82 Å². The number of carbonyl (C=O) groups is 1. The number of nitrogen functional groups attached to an aromatic ring is 1. The standard InChI is InChI=1S/C29H22BrClN4O/c30-21-6-3-5-20(17-21)29(36)34-22-13-11-19(12-14-22)26-15-16-27(24-8-1-2-9-25(24)31)35(26)18-23-7-4-10-28(32)33-23/h1-17H,18H2,(H2,32,33)(H,34,36). The first kappa shape index (κ1) is 23.9. The molecule has 3 N–H and O–H groups in total. The molecule has 2 aromatic heterocycles. The van der Waals surface area contributed by atoms with Crippen LogP contribution < -0.4 is 11.1 Å². The molecule has 1 amide bonds. The maximum atomic E-state index is 12.6. The van der Waals surface area contributed by atoms with Crippen molar-refractivity contribution in [3.8, 4) is 22.5 Å². The number of amides is 1. The van der Waals surface area contributed by atoms with E-state index in [0.717, 1.165) is 32.7 Å². The smallest absolute Gasteiger partial charge is 0.255 e. The molecule has 0 aliphatic carbocycles. The molecule has 3 aromatic carbocycles. The zero-order valence-corrected chi connectivity index (χ0v) is 21.5. The minimum absolute atomic E-state index is 0.166. The highest BCUT2D eigenvalue weighted by Gasteiger charge is 2.15. The van der Waals surface area contributed by atoms with Crippen molar-refractivity contribution in [3.05, 3.63) is 124 Å². The molecule has 0 bridgehead atoms. The van der Waals surface area contributed by atoms with Crippen LogP contribution in [0.4, 0.5) is 11.5 Å². The normalized spacial score (nSPS) is 10.8. The molecule has 7 heteroatoms. The maximum absolute atomic E-state index is 12.6. The van der Waals surface area contributed by atoms with Crippen LogP contribution in [0.15, 0.2) is 108 Å². The van der Waals surface area contributed by atoms with Gasteiger partial charge in [-0.2, -0.15) is 0 Å². The van der Waals surface area contributed by atoms with Crippen molar-refractivity contribution in [2.75, 3.05) is 11.1 Å². The highest BCUT2D eigenvalue weighted by atomic mass is 79.9. The van der Waals surface area contributed by atoms with Crippen molar-refractivity contribution in [3.63, 3.8) is 0 Å². The monoisotopic (exact) mass is 556 g/mol. The highest BCUT2D eigenvalue weighted by molar-refractivity contribution is 9.10. The van der Waals surface area contributed by atoms with Crippen molar-refractivity contribution in [2.45, 2.75) is 6.54 Å². The number of anilines is 2. The van der Waals surface area contributed by atoms with Crippen molar-refractivity contribution in [1.29, 1.82) is 0 Å². The SMILES string of the molecule is Nc1cccc(Cn2c(-c3ccc(NC(=O)c4cccc(Br)c4)cc3)ccc2-c2ccccc2Cl)n1.